The van der Waals surface area contributed by atoms with Crippen molar-refractivity contribution in [3.8, 4) is 0 Å². The Balaban J connectivity index is 1.60. The van der Waals surface area contributed by atoms with Crippen molar-refractivity contribution in [3.05, 3.63) is 35.9 Å². The van der Waals surface area contributed by atoms with Gasteiger partial charge in [-0.3, -0.25) is 0 Å². The summed E-state index contributed by atoms with van der Waals surface area (Å²) in [4.78, 5) is 15.4. The highest BCUT2D eigenvalue weighted by atomic mass is 35.5. The Kier molecular flexibility index (Phi) is 4.65. The number of halogens is 1. The Morgan fingerprint density at radius 2 is 1.85 bits per heavy atom. The maximum Gasteiger partial charge on any atom is 0.226 e. The number of benzene rings is 1. The van der Waals surface area contributed by atoms with Crippen LogP contribution in [0.5, 0.6) is 0 Å². The number of anilines is 3. The van der Waals surface area contributed by atoms with E-state index in [4.69, 9.17) is 16.3 Å². The highest BCUT2D eigenvalue weighted by molar-refractivity contribution is 6.28. The average Bonchev–Trinajstić information content (AvgIpc) is 3.07. The smallest absolute Gasteiger partial charge is 0.226 e. The molecule has 1 aliphatic heterocycles. The van der Waals surface area contributed by atoms with E-state index in [0.29, 0.717) is 11.3 Å². The molecule has 2 aromatic heterocycles. The van der Waals surface area contributed by atoms with E-state index >= 15 is 0 Å². The number of rotatable bonds is 4. The summed E-state index contributed by atoms with van der Waals surface area (Å²) in [5.74, 6) is 0.610. The highest BCUT2D eigenvalue weighted by Crippen LogP contribution is 2.27. The van der Waals surface area contributed by atoms with E-state index in [2.05, 4.69) is 51.1 Å². The van der Waals surface area contributed by atoms with Gasteiger partial charge in [-0.25, -0.2) is 4.98 Å². The molecule has 8 heteroatoms. The molecule has 0 unspecified atom stereocenters. The summed E-state index contributed by atoms with van der Waals surface area (Å²) in [6, 6.07) is 8.51. The standard InChI is InChI=1S/C18H21ClN6O/c1-12(2)25-11-20-15-16(22-18(19)23-17(15)25)21-13-3-5-14(6-4-13)24-7-9-26-10-8-24/h3-6,11-12H,7-10H2,1-2H3,(H,21,22,23). The van der Waals surface area contributed by atoms with Crippen molar-refractivity contribution >= 4 is 40.0 Å². The minimum atomic E-state index is 0.201. The Morgan fingerprint density at radius 3 is 2.54 bits per heavy atom. The quantitative estimate of drug-likeness (QED) is 0.705. The van der Waals surface area contributed by atoms with Crippen LogP contribution in [-0.2, 0) is 4.74 Å². The van der Waals surface area contributed by atoms with Crippen molar-refractivity contribution in [1.29, 1.82) is 0 Å². The van der Waals surface area contributed by atoms with Gasteiger partial charge in [0.25, 0.3) is 0 Å². The van der Waals surface area contributed by atoms with Crippen LogP contribution in [0.15, 0.2) is 30.6 Å². The number of hydrogen-bond donors (Lipinski definition) is 1. The highest BCUT2D eigenvalue weighted by Gasteiger charge is 2.15. The monoisotopic (exact) mass is 372 g/mol. The van der Waals surface area contributed by atoms with Crippen LogP contribution in [-0.4, -0.2) is 45.8 Å². The van der Waals surface area contributed by atoms with Crippen LogP contribution < -0.4 is 10.2 Å². The molecular weight excluding hydrogens is 352 g/mol. The molecule has 0 radical (unpaired) electrons. The summed E-state index contributed by atoms with van der Waals surface area (Å²) in [7, 11) is 0. The van der Waals surface area contributed by atoms with Gasteiger partial charge in [-0.1, -0.05) is 0 Å². The number of nitrogens with zero attached hydrogens (tertiary/aromatic N) is 5. The second-order valence-corrected chi connectivity index (χ2v) is 6.87. The second-order valence-electron chi connectivity index (χ2n) is 6.53. The van der Waals surface area contributed by atoms with Gasteiger partial charge in [-0.2, -0.15) is 9.97 Å². The molecule has 0 amide bonds. The van der Waals surface area contributed by atoms with E-state index in [0.717, 1.165) is 37.6 Å². The average molecular weight is 373 g/mol. The first-order valence-corrected chi connectivity index (χ1v) is 9.09. The molecule has 26 heavy (non-hydrogen) atoms. The van der Waals surface area contributed by atoms with Gasteiger partial charge in [0, 0.05) is 30.5 Å². The summed E-state index contributed by atoms with van der Waals surface area (Å²) in [5.41, 5.74) is 3.55. The van der Waals surface area contributed by atoms with Gasteiger partial charge in [-0.15, -0.1) is 0 Å². The predicted octanol–water partition coefficient (Wildman–Crippen LogP) is 3.64. The molecule has 1 aromatic carbocycles. The van der Waals surface area contributed by atoms with E-state index in [9.17, 15) is 0 Å². The first-order chi connectivity index (χ1) is 12.6. The Morgan fingerprint density at radius 1 is 1.12 bits per heavy atom. The molecule has 1 aliphatic rings. The van der Waals surface area contributed by atoms with E-state index < -0.39 is 0 Å². The van der Waals surface area contributed by atoms with Crippen molar-refractivity contribution in [3.63, 3.8) is 0 Å². The van der Waals surface area contributed by atoms with Gasteiger partial charge in [0.15, 0.2) is 17.0 Å². The minimum Gasteiger partial charge on any atom is -0.378 e. The normalized spacial score (nSPS) is 15.0. The molecule has 3 heterocycles. The molecule has 0 spiro atoms. The zero-order chi connectivity index (χ0) is 18.1. The van der Waals surface area contributed by atoms with Gasteiger partial charge >= 0.3 is 0 Å². The number of hydrogen-bond acceptors (Lipinski definition) is 6. The molecule has 0 bridgehead atoms. The topological polar surface area (TPSA) is 68.1 Å². The van der Waals surface area contributed by atoms with Crippen molar-refractivity contribution in [2.45, 2.75) is 19.9 Å². The maximum atomic E-state index is 6.13. The fourth-order valence-corrected chi connectivity index (χ4v) is 3.23. The van der Waals surface area contributed by atoms with Gasteiger partial charge in [0.1, 0.15) is 0 Å². The first kappa shape index (κ1) is 17.1. The number of aromatic nitrogens is 4. The number of nitrogens with one attached hydrogen (secondary N) is 1. The van der Waals surface area contributed by atoms with Gasteiger partial charge in [-0.05, 0) is 49.7 Å². The van der Waals surface area contributed by atoms with Crippen molar-refractivity contribution in [1.82, 2.24) is 19.5 Å². The van der Waals surface area contributed by atoms with Crippen LogP contribution in [0.3, 0.4) is 0 Å². The van der Waals surface area contributed by atoms with Crippen molar-refractivity contribution in [2.75, 3.05) is 36.5 Å². The van der Waals surface area contributed by atoms with Gasteiger partial charge < -0.3 is 19.5 Å². The Labute approximate surface area is 157 Å². The van der Waals surface area contributed by atoms with Crippen LogP contribution in [0, 0.1) is 0 Å². The lowest BCUT2D eigenvalue weighted by Gasteiger charge is -2.28. The van der Waals surface area contributed by atoms with Crippen LogP contribution >= 0.6 is 11.6 Å². The molecular formula is C18H21ClN6O. The minimum absolute atomic E-state index is 0.201. The molecule has 0 atom stereocenters. The number of fused-ring (bicyclic) bond motifs is 1. The maximum absolute atomic E-state index is 6.13. The third-order valence-electron chi connectivity index (χ3n) is 4.46. The van der Waals surface area contributed by atoms with E-state index in [1.165, 1.54) is 5.69 Å². The lowest BCUT2D eigenvalue weighted by Crippen LogP contribution is -2.36. The summed E-state index contributed by atoms with van der Waals surface area (Å²) >= 11 is 6.13. The van der Waals surface area contributed by atoms with Crippen molar-refractivity contribution < 1.29 is 4.74 Å². The molecule has 0 aliphatic carbocycles. The third-order valence-corrected chi connectivity index (χ3v) is 4.63. The zero-order valence-corrected chi connectivity index (χ0v) is 15.6. The Hall–Kier alpha value is -2.38. The molecule has 1 N–H and O–H groups in total. The lowest BCUT2D eigenvalue weighted by molar-refractivity contribution is 0.122. The summed E-state index contributed by atoms with van der Waals surface area (Å²) in [5, 5.41) is 3.52. The molecule has 0 saturated carbocycles. The second kappa shape index (κ2) is 7.09. The molecule has 1 fully saturated rings. The van der Waals surface area contributed by atoms with Crippen LogP contribution in [0.4, 0.5) is 17.2 Å². The van der Waals surface area contributed by atoms with Gasteiger partial charge in [0.05, 0.1) is 19.5 Å². The SMILES string of the molecule is CC(C)n1cnc2c(Nc3ccc(N4CCOCC4)cc3)nc(Cl)nc21. The van der Waals surface area contributed by atoms with Crippen molar-refractivity contribution in [2.24, 2.45) is 0 Å². The number of ether oxygens (including phenoxy) is 1. The molecule has 7 nitrogen and oxygen atoms in total. The molecule has 3 aromatic rings. The third kappa shape index (κ3) is 3.32. The van der Waals surface area contributed by atoms with Crippen LogP contribution in [0.1, 0.15) is 19.9 Å². The summed E-state index contributed by atoms with van der Waals surface area (Å²) in [6.45, 7) is 7.54. The van der Waals surface area contributed by atoms with E-state index in [1.807, 2.05) is 16.7 Å². The fraction of sp³-hybridized carbons (Fsp3) is 0.389. The summed E-state index contributed by atoms with van der Waals surface area (Å²) in [6.07, 6.45) is 1.77. The summed E-state index contributed by atoms with van der Waals surface area (Å²) < 4.78 is 7.39. The molecule has 1 saturated heterocycles. The fourth-order valence-electron chi connectivity index (χ4n) is 3.07. The zero-order valence-electron chi connectivity index (χ0n) is 14.8. The van der Waals surface area contributed by atoms with Crippen LogP contribution in [0.2, 0.25) is 5.28 Å². The van der Waals surface area contributed by atoms with E-state index in [1.54, 1.807) is 6.33 Å². The molecule has 136 valence electrons. The molecule has 4 rings (SSSR count). The predicted molar refractivity (Wildman–Crippen MR) is 103 cm³/mol. The lowest BCUT2D eigenvalue weighted by atomic mass is 10.2. The van der Waals surface area contributed by atoms with Crippen LogP contribution in [0.25, 0.3) is 11.2 Å². The number of imidazole rings is 1. The van der Waals surface area contributed by atoms with E-state index in [-0.39, 0.29) is 11.3 Å². The largest absolute Gasteiger partial charge is 0.378 e. The first-order valence-electron chi connectivity index (χ1n) is 8.71. The number of morpholine rings is 1. The van der Waals surface area contributed by atoms with Gasteiger partial charge in [0.2, 0.25) is 5.28 Å². The Bertz CT molecular complexity index is 902.